The van der Waals surface area contributed by atoms with E-state index in [0.717, 1.165) is 0 Å². The van der Waals surface area contributed by atoms with Crippen molar-refractivity contribution >= 4 is 29.7 Å². The number of allylic oxidation sites excluding steroid dienone is 1. The molecular weight excluding hydrogens is 600 g/mol. The van der Waals surface area contributed by atoms with Crippen molar-refractivity contribution in [3.63, 3.8) is 0 Å². The number of aliphatic hydroxyl groups is 2. The molecule has 0 aromatic heterocycles. The number of ether oxygens (including phenoxy) is 5. The molecule has 46 heavy (non-hydrogen) atoms. The lowest BCUT2D eigenvalue weighted by Crippen LogP contribution is -2.77. The van der Waals surface area contributed by atoms with E-state index in [4.69, 9.17) is 23.7 Å². The fraction of sp³-hybridized carbons (Fsp3) is 0.618. The third kappa shape index (κ3) is 4.25. The van der Waals surface area contributed by atoms with Gasteiger partial charge < -0.3 is 33.9 Å². The molecule has 3 saturated carbocycles. The Bertz CT molecular complexity index is 1530. The molecule has 10 unspecified atom stereocenters. The van der Waals surface area contributed by atoms with Crippen molar-refractivity contribution in [3.05, 3.63) is 47.2 Å². The lowest BCUT2D eigenvalue weighted by Gasteiger charge is -2.64. The number of carbonyl (C=O) groups excluding carboxylic acids is 5. The second-order valence-corrected chi connectivity index (χ2v) is 14.0. The molecule has 6 rings (SSSR count). The number of carbonyl (C=O) groups is 5. The molecule has 2 N–H and O–H groups in total. The summed E-state index contributed by atoms with van der Waals surface area (Å²) in [4.78, 5) is 67.0. The van der Waals surface area contributed by atoms with Crippen LogP contribution in [0.1, 0.15) is 64.7 Å². The maximum absolute atomic E-state index is 15.2. The first kappa shape index (κ1) is 32.3. The molecular formula is C34H40O12. The van der Waals surface area contributed by atoms with Gasteiger partial charge in [0.25, 0.3) is 0 Å². The number of ketones is 1. The normalized spacial score (nSPS) is 41.6. The van der Waals surface area contributed by atoms with Crippen LogP contribution in [0.5, 0.6) is 0 Å². The predicted octanol–water partition coefficient (Wildman–Crippen LogP) is 2.29. The molecule has 0 amide bonds. The van der Waals surface area contributed by atoms with Gasteiger partial charge in [-0.3, -0.25) is 14.4 Å². The molecule has 2 bridgehead atoms. The first-order valence-corrected chi connectivity index (χ1v) is 15.7. The van der Waals surface area contributed by atoms with Gasteiger partial charge in [0.15, 0.2) is 11.4 Å². The van der Waals surface area contributed by atoms with Crippen molar-refractivity contribution in [2.24, 2.45) is 34.5 Å². The quantitative estimate of drug-likeness (QED) is 0.344. The van der Waals surface area contributed by atoms with Gasteiger partial charge in [-0.1, -0.05) is 45.9 Å². The molecule has 1 aliphatic heterocycles. The van der Waals surface area contributed by atoms with Crippen LogP contribution in [-0.4, -0.2) is 82.6 Å². The van der Waals surface area contributed by atoms with Crippen LogP contribution in [-0.2, 0) is 42.9 Å². The summed E-state index contributed by atoms with van der Waals surface area (Å²) in [6.07, 6.45) is -3.22. The van der Waals surface area contributed by atoms with E-state index in [-0.39, 0.29) is 41.8 Å². The Morgan fingerprint density at radius 2 is 1.70 bits per heavy atom. The molecule has 1 aromatic carbocycles. The SMILES string of the molecule is CC(=O)O/C1=C2\C(C)C(OC(=O)CO)CC(O)(C(OC(=O)c3ccccc3)C3C4(OC(C)=O)COC4CC4C(C)C43C1=O)C2(C)C. The highest BCUT2D eigenvalue weighted by molar-refractivity contribution is 6.04. The highest BCUT2D eigenvalue weighted by Gasteiger charge is 2.86. The van der Waals surface area contributed by atoms with Gasteiger partial charge in [0.2, 0.25) is 5.78 Å². The predicted molar refractivity (Wildman–Crippen MR) is 156 cm³/mol. The number of hydrogen-bond acceptors (Lipinski definition) is 12. The van der Waals surface area contributed by atoms with Gasteiger partial charge in [0, 0.05) is 31.6 Å². The van der Waals surface area contributed by atoms with Crippen molar-refractivity contribution in [2.75, 3.05) is 13.2 Å². The minimum Gasteiger partial charge on any atom is -0.460 e. The number of fused-ring (bicyclic) bond motifs is 4. The summed E-state index contributed by atoms with van der Waals surface area (Å²) in [5.41, 5.74) is -5.98. The second kappa shape index (κ2) is 10.7. The lowest BCUT2D eigenvalue weighted by molar-refractivity contribution is -0.323. The van der Waals surface area contributed by atoms with Gasteiger partial charge in [-0.15, -0.1) is 0 Å². The number of esters is 4. The van der Waals surface area contributed by atoms with Crippen LogP contribution in [0.2, 0.25) is 0 Å². The van der Waals surface area contributed by atoms with Crippen molar-refractivity contribution in [3.8, 4) is 0 Å². The Morgan fingerprint density at radius 1 is 1.02 bits per heavy atom. The maximum atomic E-state index is 15.2. The van der Waals surface area contributed by atoms with Gasteiger partial charge in [0.05, 0.1) is 23.5 Å². The summed E-state index contributed by atoms with van der Waals surface area (Å²) in [6.45, 7) is 8.22. The van der Waals surface area contributed by atoms with Crippen molar-refractivity contribution in [1.29, 1.82) is 0 Å². The lowest BCUT2D eigenvalue weighted by atomic mass is 9.48. The Labute approximate surface area is 266 Å². The number of benzene rings is 1. The smallest absolute Gasteiger partial charge is 0.338 e. The molecule has 12 heteroatoms. The fourth-order valence-corrected chi connectivity index (χ4v) is 9.40. The molecule has 4 fully saturated rings. The van der Waals surface area contributed by atoms with Crippen molar-refractivity contribution in [1.82, 2.24) is 0 Å². The molecule has 1 spiro atoms. The van der Waals surface area contributed by atoms with Crippen LogP contribution in [0.3, 0.4) is 0 Å². The summed E-state index contributed by atoms with van der Waals surface area (Å²) >= 11 is 0. The van der Waals surface area contributed by atoms with E-state index >= 15 is 4.79 Å². The fourth-order valence-electron chi connectivity index (χ4n) is 9.40. The Morgan fingerprint density at radius 3 is 2.26 bits per heavy atom. The summed E-state index contributed by atoms with van der Waals surface area (Å²) in [5.74, 6) is -6.57. The molecule has 1 saturated heterocycles. The van der Waals surface area contributed by atoms with Gasteiger partial charge in [-0.25, -0.2) is 9.59 Å². The molecule has 5 aliphatic rings. The van der Waals surface area contributed by atoms with Crippen LogP contribution in [0, 0.1) is 34.5 Å². The Hall–Kier alpha value is -3.61. The van der Waals surface area contributed by atoms with Crippen LogP contribution in [0.15, 0.2) is 41.7 Å². The standard InChI is InChI=1S/C34H40O12/c1-16-22(44-24(38)14-35)13-33(41)29(45-30(40)20-10-8-7-9-11-20)27-32(46-19(4)37)15-42-23(32)12-21-17(2)34(21,27)28(39)26(43-18(3)36)25(16)31(33,5)6/h7-11,16-17,21-23,27,29,35,41H,12-15H2,1-6H3/b26-25+. The third-order valence-corrected chi connectivity index (χ3v) is 11.6. The minimum atomic E-state index is -2.10. The molecule has 4 aliphatic carbocycles. The van der Waals surface area contributed by atoms with E-state index in [9.17, 15) is 29.4 Å². The van der Waals surface area contributed by atoms with Gasteiger partial charge in [0.1, 0.15) is 30.5 Å². The first-order chi connectivity index (χ1) is 21.6. The summed E-state index contributed by atoms with van der Waals surface area (Å²) in [6, 6.07) is 8.17. The number of hydrogen-bond donors (Lipinski definition) is 2. The van der Waals surface area contributed by atoms with Crippen LogP contribution in [0.4, 0.5) is 0 Å². The zero-order chi connectivity index (χ0) is 33.6. The van der Waals surface area contributed by atoms with Crippen molar-refractivity contribution < 1.29 is 57.9 Å². The molecule has 10 atom stereocenters. The van der Waals surface area contributed by atoms with Crippen LogP contribution >= 0.6 is 0 Å². The van der Waals surface area contributed by atoms with Crippen LogP contribution in [0.25, 0.3) is 0 Å². The molecule has 1 aromatic rings. The van der Waals surface area contributed by atoms with Gasteiger partial charge in [-0.05, 0) is 36.0 Å². The highest BCUT2D eigenvalue weighted by Crippen LogP contribution is 2.77. The van der Waals surface area contributed by atoms with Gasteiger partial charge >= 0.3 is 23.9 Å². The van der Waals surface area contributed by atoms with E-state index in [1.165, 1.54) is 13.8 Å². The number of rotatable bonds is 6. The second-order valence-electron chi connectivity index (χ2n) is 14.0. The Kier molecular flexibility index (Phi) is 7.53. The van der Waals surface area contributed by atoms with E-state index in [1.807, 2.05) is 6.92 Å². The molecule has 1 heterocycles. The Balaban J connectivity index is 1.67. The zero-order valence-electron chi connectivity index (χ0n) is 26.7. The topological polar surface area (TPSA) is 172 Å². The summed E-state index contributed by atoms with van der Waals surface area (Å²) in [7, 11) is 0. The van der Waals surface area contributed by atoms with Crippen molar-refractivity contribution in [2.45, 2.75) is 83.9 Å². The molecule has 0 radical (unpaired) electrons. The third-order valence-electron chi connectivity index (χ3n) is 11.6. The van der Waals surface area contributed by atoms with Gasteiger partial charge in [-0.2, -0.15) is 0 Å². The summed E-state index contributed by atoms with van der Waals surface area (Å²) in [5, 5.41) is 22.8. The monoisotopic (exact) mass is 640 g/mol. The zero-order valence-corrected chi connectivity index (χ0v) is 26.7. The molecule has 248 valence electrons. The van der Waals surface area contributed by atoms with Crippen LogP contribution < -0.4 is 0 Å². The first-order valence-electron chi connectivity index (χ1n) is 15.7. The summed E-state index contributed by atoms with van der Waals surface area (Å²) < 4.78 is 29.8. The largest absolute Gasteiger partial charge is 0.460 e. The number of Topliss-reactive ketones (excluding diaryl/α,β-unsaturated/α-hetero) is 1. The molecule has 12 nitrogen and oxygen atoms in total. The number of aliphatic hydroxyl groups excluding tert-OH is 1. The van der Waals surface area contributed by atoms with E-state index in [2.05, 4.69) is 0 Å². The average molecular weight is 641 g/mol. The minimum absolute atomic E-state index is 0.120. The highest BCUT2D eigenvalue weighted by atomic mass is 16.6. The maximum Gasteiger partial charge on any atom is 0.338 e. The van der Waals surface area contributed by atoms with E-state index in [1.54, 1.807) is 51.1 Å². The average Bonchev–Trinajstić information content (AvgIpc) is 3.58. The van der Waals surface area contributed by atoms with E-state index < -0.39 is 88.4 Å². The van der Waals surface area contributed by atoms with E-state index in [0.29, 0.717) is 6.42 Å².